The van der Waals surface area contributed by atoms with Crippen LogP contribution in [0.25, 0.3) is 66.9 Å². The van der Waals surface area contributed by atoms with E-state index in [0.29, 0.717) is 24.3 Å². The number of nitrogens with one attached hydrogen (secondary N) is 12. The van der Waals surface area contributed by atoms with Crippen molar-refractivity contribution in [2.45, 2.75) is 0 Å². The van der Waals surface area contributed by atoms with E-state index in [1.165, 1.54) is 58.8 Å². The fourth-order valence-electron chi connectivity index (χ4n) is 17.8. The Morgan fingerprint density at radius 1 is 0.236 bits per heavy atom. The molecule has 5 saturated heterocycles. The standard InChI is InChI=1S/C92H84F12N32O12/c93-45-1-5-65(57(97)33-45)133-41-53(81(141)142)69(137)49-37-61(101)77(113-73(49)133)121-9-17-125(18-10-121)85(105)117-89(109)129-25-27-130(90(110)118-86(106)126-19-11-122(12-20-126)78-62(102)38-50-70(138)54(82(143)144)42-134(74(50)114-78)66-6-2-46(94)34-58(66)98)29-31-132(92(112)120-88(108)128-23-15-124(16-24-128)80-64(104)40-52-72(140)56(84(147)148)44-136(76(52)116-80)68-8-4-48(96)36-60(68)100)32-30-131(28-26-129)91(111)119-87(107)127-21-13-123(14-22-127)79-63(103)39-51-71(139)55(83(145)146)43-135(75(51)115-79)67-7-3-47(95)35-59(67)99/h1-8,33-44H,9-32H2,(H,141,142)(H,143,144)(H,145,146)(H,147,148)(H3,105,109,117)(H3,106,110,118)(H3,107,111,119)(H3,108,112,120). The van der Waals surface area contributed by atoms with E-state index in [0.717, 1.165) is 116 Å². The van der Waals surface area contributed by atoms with Crippen LogP contribution in [0.15, 0.2) is 141 Å². The third-order valence-electron chi connectivity index (χ3n) is 25.6. The summed E-state index contributed by atoms with van der Waals surface area (Å²) in [6.07, 6.45) is 3.06. The summed E-state index contributed by atoms with van der Waals surface area (Å²) in [5.41, 5.74) is -11.7. The number of rotatable bonds is 12. The summed E-state index contributed by atoms with van der Waals surface area (Å²) < 4.78 is 188. The van der Waals surface area contributed by atoms with Crippen molar-refractivity contribution < 1.29 is 92.3 Å². The molecule has 5 aliphatic rings. The van der Waals surface area contributed by atoms with E-state index in [4.69, 9.17) is 0 Å². The van der Waals surface area contributed by atoms with Gasteiger partial charge in [-0.25, -0.2) is 91.8 Å². The maximum Gasteiger partial charge on any atom is 0.341 e. The molecule has 13 heterocycles. The highest BCUT2D eigenvalue weighted by molar-refractivity contribution is 6.01. The quantitative estimate of drug-likeness (QED) is 0.0402. The zero-order valence-electron chi connectivity index (χ0n) is 77.1. The Morgan fingerprint density at radius 3 is 0.541 bits per heavy atom. The number of pyridine rings is 8. The molecule has 0 amide bonds. The molecule has 5 fully saturated rings. The van der Waals surface area contributed by atoms with Gasteiger partial charge in [-0.15, -0.1) is 0 Å². The fourth-order valence-corrected chi connectivity index (χ4v) is 17.8. The lowest BCUT2D eigenvalue weighted by Crippen LogP contribution is -2.60. The average Bonchev–Trinajstić information content (AvgIpc) is 0.759. The van der Waals surface area contributed by atoms with Gasteiger partial charge in [0.25, 0.3) is 0 Å². The van der Waals surface area contributed by atoms with Crippen LogP contribution >= 0.6 is 0 Å². The van der Waals surface area contributed by atoms with E-state index in [1.807, 2.05) is 0 Å². The number of nitrogens with zero attached hydrogens (tertiary/aromatic N) is 20. The molecule has 0 atom stereocenters. The summed E-state index contributed by atoms with van der Waals surface area (Å²) in [6, 6.07) is 12.2. The number of fused-ring (bicyclic) bond motifs is 4. The van der Waals surface area contributed by atoms with E-state index in [1.54, 1.807) is 0 Å². The van der Waals surface area contributed by atoms with Gasteiger partial charge in [-0.3, -0.25) is 102 Å². The molecule has 768 valence electrons. The van der Waals surface area contributed by atoms with E-state index >= 15 is 35.1 Å². The van der Waals surface area contributed by atoms with Crippen molar-refractivity contribution in [2.24, 2.45) is 0 Å². The number of hydrogen-bond donors (Lipinski definition) is 16. The SMILES string of the molecule is N=C(NC(=N)N1CCN(c2nc3c(cc2F)c(=O)c(C(=O)O)cn3-c2ccc(F)cc2F)CC1)N1CCN(C(=N)NC(=N)N2CCN(c3nc4c(cc3F)c(=O)c(C(=O)O)cn4-c3ccc(F)cc3F)CC2)CCN(C(=N)NC(=N)N2CCN(c3nc4c(cc3F)c(=O)c(C(=O)O)cn4-c3ccc(F)cc3F)CC2)CCN(C(=N)NC(=N)N2CCN(c3nc4c(cc3F)c(=O)c(C(=O)O)cn4-c3ccc(F)cc3F)CC2)CC1. The predicted octanol–water partition coefficient (Wildman–Crippen LogP) is 5.59. The summed E-state index contributed by atoms with van der Waals surface area (Å²) in [5, 5.41) is 126. The minimum Gasteiger partial charge on any atom is -0.477 e. The molecule has 5 aliphatic heterocycles. The molecular weight excluding hydrogens is 1970 g/mol. The number of guanidine groups is 8. The van der Waals surface area contributed by atoms with Gasteiger partial charge in [-0.05, 0) is 72.8 Å². The van der Waals surface area contributed by atoms with Gasteiger partial charge in [0.05, 0.1) is 44.3 Å². The number of aromatic nitrogens is 8. The third kappa shape index (κ3) is 20.2. The molecule has 44 nitrogen and oxygen atoms in total. The molecule has 56 heteroatoms. The summed E-state index contributed by atoms with van der Waals surface area (Å²) in [7, 11) is 0. The van der Waals surface area contributed by atoms with Crippen LogP contribution in [-0.2, 0) is 0 Å². The van der Waals surface area contributed by atoms with Crippen LogP contribution in [0.5, 0.6) is 0 Å². The first kappa shape index (κ1) is 101. The molecule has 16 N–H and O–H groups in total. The van der Waals surface area contributed by atoms with Gasteiger partial charge in [0.2, 0.25) is 21.7 Å². The first-order valence-electron chi connectivity index (χ1n) is 45.1. The lowest BCUT2D eigenvalue weighted by atomic mass is 10.1. The van der Waals surface area contributed by atoms with Crippen LogP contribution < -0.4 is 62.6 Å². The highest BCUT2D eigenvalue weighted by Gasteiger charge is 2.36. The minimum atomic E-state index is -1.75. The van der Waals surface area contributed by atoms with Crippen molar-refractivity contribution in [2.75, 3.05) is 177 Å². The number of aromatic carboxylic acids is 4. The Morgan fingerprint density at radius 2 is 0.392 bits per heavy atom. The molecule has 8 aromatic heterocycles. The molecule has 4 aromatic carbocycles. The molecule has 0 bridgehead atoms. The number of hydrogen-bond acceptors (Lipinski definition) is 24. The van der Waals surface area contributed by atoms with Gasteiger partial charge in [0.15, 0.2) is 117 Å². The van der Waals surface area contributed by atoms with Gasteiger partial charge in [0, 0.05) is 206 Å². The normalized spacial score (nSPS) is 15.2. The van der Waals surface area contributed by atoms with Crippen molar-refractivity contribution in [3.8, 4) is 22.7 Å². The second-order valence-electron chi connectivity index (χ2n) is 34.4. The van der Waals surface area contributed by atoms with Crippen LogP contribution in [-0.4, -0.2) is 326 Å². The van der Waals surface area contributed by atoms with E-state index in [-0.39, 0.29) is 157 Å². The molecule has 148 heavy (non-hydrogen) atoms. The number of carboxylic acids is 4. The maximum atomic E-state index is 16.4. The van der Waals surface area contributed by atoms with Crippen LogP contribution in [0, 0.1) is 113 Å². The van der Waals surface area contributed by atoms with Gasteiger partial charge >= 0.3 is 23.9 Å². The summed E-state index contributed by atoms with van der Waals surface area (Å²) in [6.45, 7) is -4.15. The second-order valence-corrected chi connectivity index (χ2v) is 34.4. The molecule has 0 saturated carbocycles. The number of anilines is 4. The molecule has 0 spiro atoms. The molecule has 17 rings (SSSR count). The maximum absolute atomic E-state index is 16.4. The van der Waals surface area contributed by atoms with Gasteiger partial charge in [0.1, 0.15) is 68.8 Å². The summed E-state index contributed by atoms with van der Waals surface area (Å²) >= 11 is 0. The van der Waals surface area contributed by atoms with E-state index < -0.39 is 275 Å². The number of piperazine rings is 4. The number of carboxylic acid groups (broad SMARTS) is 4. The van der Waals surface area contributed by atoms with Gasteiger partial charge < -0.3 is 79.2 Å². The Kier molecular flexibility index (Phi) is 28.0. The number of benzene rings is 4. The smallest absolute Gasteiger partial charge is 0.341 e. The van der Waals surface area contributed by atoms with Gasteiger partial charge in [-0.1, -0.05) is 0 Å². The Balaban J connectivity index is 0.643. The molecular formula is C92H84F12N32O12. The molecule has 0 radical (unpaired) electrons. The van der Waals surface area contributed by atoms with Crippen LogP contribution in [0.4, 0.5) is 76.0 Å². The molecule has 12 aromatic rings. The minimum absolute atomic E-state index is 0.109. The van der Waals surface area contributed by atoms with Crippen LogP contribution in [0.3, 0.4) is 0 Å². The highest BCUT2D eigenvalue weighted by atomic mass is 19.2. The monoisotopic (exact) mass is 2060 g/mol. The van der Waals surface area contributed by atoms with Crippen molar-refractivity contribution in [3.63, 3.8) is 0 Å². The van der Waals surface area contributed by atoms with Crippen molar-refractivity contribution >= 4 is 139 Å². The summed E-state index contributed by atoms with van der Waals surface area (Å²) in [5.74, 6) is -25.3. The zero-order chi connectivity index (χ0) is 106. The van der Waals surface area contributed by atoms with E-state index in [9.17, 15) is 120 Å². The third-order valence-corrected chi connectivity index (χ3v) is 25.6. The lowest BCUT2D eigenvalue weighted by molar-refractivity contribution is 0.0684. The molecule has 0 aliphatic carbocycles. The lowest BCUT2D eigenvalue weighted by Gasteiger charge is -2.40. The average molecular weight is 2060 g/mol. The second kappa shape index (κ2) is 41.1. The largest absolute Gasteiger partial charge is 0.477 e. The van der Waals surface area contributed by atoms with Crippen molar-refractivity contribution in [1.29, 1.82) is 43.3 Å². The zero-order valence-corrected chi connectivity index (χ0v) is 77.1. The Labute approximate surface area is 824 Å². The van der Waals surface area contributed by atoms with Crippen LogP contribution in [0.2, 0.25) is 0 Å². The summed E-state index contributed by atoms with van der Waals surface area (Å²) in [4.78, 5) is 138. The number of carbonyl (C=O) groups is 4. The van der Waals surface area contributed by atoms with Crippen LogP contribution in [0.1, 0.15) is 41.4 Å². The first-order chi connectivity index (χ1) is 70.5. The predicted molar refractivity (Wildman–Crippen MR) is 512 cm³/mol. The topological polar surface area (TPSA) is 567 Å². The number of halogens is 12. The van der Waals surface area contributed by atoms with E-state index in [2.05, 4.69) is 41.2 Å². The highest BCUT2D eigenvalue weighted by Crippen LogP contribution is 2.34. The van der Waals surface area contributed by atoms with Crippen molar-refractivity contribution in [3.05, 3.63) is 255 Å². The molecule has 0 unspecified atom stereocenters. The van der Waals surface area contributed by atoms with Gasteiger partial charge in [-0.2, -0.15) is 0 Å². The fraction of sp³-hybridized carbons (Fsp3) is 0.261. The van der Waals surface area contributed by atoms with Crippen molar-refractivity contribution in [1.82, 2.24) is 98.7 Å². The first-order valence-corrected chi connectivity index (χ1v) is 45.1. The Hall–Kier alpha value is -18.5. The Bertz CT molecular complexity index is 6960.